The van der Waals surface area contributed by atoms with E-state index in [1.165, 1.54) is 6.07 Å². The van der Waals surface area contributed by atoms with E-state index >= 15 is 0 Å². The predicted molar refractivity (Wildman–Crippen MR) is 150 cm³/mol. The predicted octanol–water partition coefficient (Wildman–Crippen LogP) is 10.3. The van der Waals surface area contributed by atoms with Crippen molar-refractivity contribution in [3.63, 3.8) is 0 Å². The molecule has 7 aromatic rings. The standard InChI is InChI=1S/C33H24F3NO2/c1-32(2,3)17-18-13-14-37-27(15-18)26-6-4-5-21-23-11-12-24-25(30(23)39-31(21)26)10-9-22-20-8-7-19(33(34,35)36)16-28(20)38-29(22)24/h4-16H,17H2,1-3H3/i17D2. The second-order valence-corrected chi connectivity index (χ2v) is 10.9. The van der Waals surface area contributed by atoms with E-state index in [0.29, 0.717) is 33.4 Å². The van der Waals surface area contributed by atoms with Crippen LogP contribution < -0.4 is 0 Å². The van der Waals surface area contributed by atoms with E-state index in [4.69, 9.17) is 11.6 Å². The summed E-state index contributed by atoms with van der Waals surface area (Å²) in [6.45, 7) is 5.60. The molecule has 6 heteroatoms. The number of para-hydroxylation sites is 1. The fourth-order valence-electron chi connectivity index (χ4n) is 5.36. The van der Waals surface area contributed by atoms with Crippen LogP contribution in [0.3, 0.4) is 0 Å². The molecule has 0 bridgehead atoms. The van der Waals surface area contributed by atoms with Gasteiger partial charge in [-0.25, -0.2) is 0 Å². The average Bonchev–Trinajstić information content (AvgIpc) is 3.50. The zero-order valence-corrected chi connectivity index (χ0v) is 21.4. The summed E-state index contributed by atoms with van der Waals surface area (Å²) in [5.41, 5.74) is 2.43. The van der Waals surface area contributed by atoms with Gasteiger partial charge in [0.25, 0.3) is 0 Å². The highest BCUT2D eigenvalue weighted by molar-refractivity contribution is 6.23. The molecule has 0 aliphatic carbocycles. The van der Waals surface area contributed by atoms with Crippen LogP contribution in [-0.2, 0) is 12.5 Å². The number of hydrogen-bond acceptors (Lipinski definition) is 3. The van der Waals surface area contributed by atoms with Crippen LogP contribution in [0.25, 0.3) is 65.9 Å². The fraction of sp³-hybridized carbons (Fsp3) is 0.182. The van der Waals surface area contributed by atoms with Gasteiger partial charge in [0.15, 0.2) is 0 Å². The van der Waals surface area contributed by atoms with Gasteiger partial charge in [-0.05, 0) is 78.0 Å². The summed E-state index contributed by atoms with van der Waals surface area (Å²) >= 11 is 0. The van der Waals surface area contributed by atoms with Gasteiger partial charge in [-0.2, -0.15) is 13.2 Å². The molecular formula is C33H24F3NO2. The lowest BCUT2D eigenvalue weighted by atomic mass is 9.88. The van der Waals surface area contributed by atoms with Crippen LogP contribution in [0.5, 0.6) is 0 Å². The Morgan fingerprint density at radius 1 is 0.718 bits per heavy atom. The Hall–Kier alpha value is -4.32. The van der Waals surface area contributed by atoms with E-state index in [1.54, 1.807) is 18.3 Å². The molecular weight excluding hydrogens is 499 g/mol. The molecule has 0 fully saturated rings. The molecule has 0 unspecified atom stereocenters. The molecule has 0 aliphatic heterocycles. The first-order valence-electron chi connectivity index (χ1n) is 13.6. The minimum atomic E-state index is -4.46. The third-order valence-corrected chi connectivity index (χ3v) is 6.98. The summed E-state index contributed by atoms with van der Waals surface area (Å²) in [6.07, 6.45) is -4.42. The summed E-state index contributed by atoms with van der Waals surface area (Å²) in [4.78, 5) is 4.56. The SMILES string of the molecule is [2H]C([2H])(c1ccnc(-c2cccc3c2oc2c3ccc3c2ccc2c4ccc(C(F)(F)F)cc4oc23)c1)C(C)(C)C. The number of hydrogen-bond donors (Lipinski definition) is 0. The van der Waals surface area contributed by atoms with Crippen LogP contribution in [0.1, 0.15) is 34.6 Å². The van der Waals surface area contributed by atoms with Gasteiger partial charge in [-0.1, -0.05) is 32.9 Å². The minimum Gasteiger partial charge on any atom is -0.455 e. The minimum absolute atomic E-state index is 0.176. The van der Waals surface area contributed by atoms with Crippen LogP contribution in [0.2, 0.25) is 0 Å². The first-order chi connectivity index (χ1) is 19.3. The lowest BCUT2D eigenvalue weighted by molar-refractivity contribution is -0.137. The van der Waals surface area contributed by atoms with Gasteiger partial charge < -0.3 is 8.83 Å². The second-order valence-electron chi connectivity index (χ2n) is 10.9. The largest absolute Gasteiger partial charge is 0.455 e. The third-order valence-electron chi connectivity index (χ3n) is 6.98. The van der Waals surface area contributed by atoms with E-state index in [9.17, 15) is 13.2 Å². The second kappa shape index (κ2) is 8.09. The summed E-state index contributed by atoms with van der Waals surface area (Å²) < 4.78 is 69.9. The quantitative estimate of drug-likeness (QED) is 0.225. The van der Waals surface area contributed by atoms with E-state index in [1.807, 2.05) is 63.2 Å². The van der Waals surface area contributed by atoms with E-state index in [-0.39, 0.29) is 5.58 Å². The molecule has 0 saturated heterocycles. The topological polar surface area (TPSA) is 39.2 Å². The number of furan rings is 2. The van der Waals surface area contributed by atoms with Crippen LogP contribution in [0, 0.1) is 5.41 Å². The molecule has 0 atom stereocenters. The van der Waals surface area contributed by atoms with Gasteiger partial charge in [0.2, 0.25) is 0 Å². The van der Waals surface area contributed by atoms with Crippen LogP contribution >= 0.6 is 0 Å². The van der Waals surface area contributed by atoms with Crippen molar-refractivity contribution < 1.29 is 24.7 Å². The van der Waals surface area contributed by atoms with Crippen LogP contribution in [-0.4, -0.2) is 4.98 Å². The zero-order chi connectivity index (χ0) is 28.9. The molecule has 0 amide bonds. The lowest BCUT2D eigenvalue weighted by Gasteiger charge is -2.18. The van der Waals surface area contributed by atoms with E-state index in [0.717, 1.165) is 44.6 Å². The number of pyridine rings is 1. The number of aromatic nitrogens is 1. The summed E-state index contributed by atoms with van der Waals surface area (Å²) in [5, 5.41) is 4.61. The third kappa shape index (κ3) is 3.85. The molecule has 0 spiro atoms. The van der Waals surface area contributed by atoms with Crippen molar-refractivity contribution in [2.45, 2.75) is 33.3 Å². The maximum Gasteiger partial charge on any atom is 0.416 e. The lowest BCUT2D eigenvalue weighted by Crippen LogP contribution is -2.09. The van der Waals surface area contributed by atoms with Gasteiger partial charge >= 0.3 is 6.18 Å². The van der Waals surface area contributed by atoms with Crippen LogP contribution in [0.15, 0.2) is 87.8 Å². The molecule has 3 nitrogen and oxygen atoms in total. The van der Waals surface area contributed by atoms with Crippen molar-refractivity contribution in [1.29, 1.82) is 0 Å². The molecule has 0 N–H and O–H groups in total. The van der Waals surface area contributed by atoms with Crippen molar-refractivity contribution in [3.8, 4) is 11.3 Å². The molecule has 0 aliphatic rings. The van der Waals surface area contributed by atoms with Crippen LogP contribution in [0.4, 0.5) is 13.2 Å². The number of benzene rings is 4. The molecule has 0 saturated carbocycles. The Morgan fingerprint density at radius 2 is 1.33 bits per heavy atom. The normalized spacial score (nSPS) is 14.1. The Labute approximate surface area is 224 Å². The molecule has 4 aromatic carbocycles. The van der Waals surface area contributed by atoms with Gasteiger partial charge in [-0.15, -0.1) is 0 Å². The monoisotopic (exact) mass is 525 g/mol. The number of nitrogens with zero attached hydrogens (tertiary/aromatic N) is 1. The van der Waals surface area contributed by atoms with Crippen molar-refractivity contribution in [1.82, 2.24) is 4.98 Å². The Bertz CT molecular complexity index is 2170. The van der Waals surface area contributed by atoms with Crippen molar-refractivity contribution >= 4 is 54.6 Å². The van der Waals surface area contributed by atoms with Gasteiger partial charge in [-0.3, -0.25) is 4.98 Å². The number of halogens is 3. The molecule has 3 heterocycles. The Morgan fingerprint density at radius 3 is 2.00 bits per heavy atom. The molecule has 0 radical (unpaired) electrons. The molecule has 3 aromatic heterocycles. The highest BCUT2D eigenvalue weighted by atomic mass is 19.4. The zero-order valence-electron chi connectivity index (χ0n) is 23.4. The van der Waals surface area contributed by atoms with Gasteiger partial charge in [0.1, 0.15) is 22.3 Å². The summed E-state index contributed by atoms with van der Waals surface area (Å²) in [7, 11) is 0. The highest BCUT2D eigenvalue weighted by Crippen LogP contribution is 2.42. The molecule has 194 valence electrons. The molecule has 39 heavy (non-hydrogen) atoms. The number of fused-ring (bicyclic) bond motifs is 9. The summed E-state index contributed by atoms with van der Waals surface area (Å²) in [6, 6.07) is 20.4. The highest BCUT2D eigenvalue weighted by Gasteiger charge is 2.31. The Kier molecular flexibility index (Phi) is 4.48. The smallest absolute Gasteiger partial charge is 0.416 e. The fourth-order valence-corrected chi connectivity index (χ4v) is 5.36. The first kappa shape index (κ1) is 21.6. The van der Waals surface area contributed by atoms with Crippen molar-refractivity contribution in [2.24, 2.45) is 5.41 Å². The average molecular weight is 526 g/mol. The van der Waals surface area contributed by atoms with E-state index in [2.05, 4.69) is 4.98 Å². The number of rotatable bonds is 2. The van der Waals surface area contributed by atoms with Gasteiger partial charge in [0.05, 0.1) is 11.3 Å². The maximum absolute atomic E-state index is 13.3. The van der Waals surface area contributed by atoms with Gasteiger partial charge in [0, 0.05) is 46.8 Å². The van der Waals surface area contributed by atoms with E-state index < -0.39 is 23.5 Å². The summed E-state index contributed by atoms with van der Waals surface area (Å²) in [5.74, 6) is 0. The first-order valence-corrected chi connectivity index (χ1v) is 12.6. The molecule has 7 rings (SSSR count). The maximum atomic E-state index is 13.3. The number of alkyl halides is 3. The Balaban J connectivity index is 1.44. The van der Waals surface area contributed by atoms with Crippen molar-refractivity contribution in [2.75, 3.05) is 0 Å². The van der Waals surface area contributed by atoms with Crippen molar-refractivity contribution in [3.05, 3.63) is 90.1 Å².